The molecule has 0 amide bonds. The lowest BCUT2D eigenvalue weighted by atomic mass is 10.2. The van der Waals surface area contributed by atoms with Gasteiger partial charge in [-0.3, -0.25) is 0 Å². The molecule has 0 atom stereocenters. The minimum absolute atomic E-state index is 0.666. The lowest BCUT2D eigenvalue weighted by molar-refractivity contribution is 0.679. The van der Waals surface area contributed by atoms with Crippen LogP contribution in [0, 0.1) is 11.3 Å². The highest BCUT2D eigenvalue weighted by Gasteiger charge is 2.20. The van der Waals surface area contributed by atoms with E-state index in [1.807, 2.05) is 12.1 Å². The van der Waals surface area contributed by atoms with Crippen molar-refractivity contribution in [2.75, 3.05) is 0 Å². The Kier molecular flexibility index (Phi) is 3.05. The van der Waals surface area contributed by atoms with Crippen molar-refractivity contribution in [2.24, 2.45) is 0 Å². The van der Waals surface area contributed by atoms with Crippen LogP contribution in [0.15, 0.2) is 24.3 Å². The van der Waals surface area contributed by atoms with Crippen molar-refractivity contribution in [1.29, 1.82) is 5.26 Å². The molecule has 1 saturated carbocycles. The van der Waals surface area contributed by atoms with Gasteiger partial charge in [0, 0.05) is 18.2 Å². The van der Waals surface area contributed by atoms with Gasteiger partial charge in [0.15, 0.2) is 0 Å². The van der Waals surface area contributed by atoms with Crippen LogP contribution in [0.5, 0.6) is 0 Å². The number of hydrogen-bond acceptors (Lipinski definition) is 5. The summed E-state index contributed by atoms with van der Waals surface area (Å²) in [6.45, 7) is 0.804. The number of nitriles is 1. The molecule has 1 fully saturated rings. The Labute approximate surface area is 109 Å². The third-order valence-electron chi connectivity index (χ3n) is 2.85. The number of benzene rings is 1. The Hall–Kier alpha value is -1.77. The molecule has 90 valence electrons. The summed E-state index contributed by atoms with van der Waals surface area (Å²) in [7, 11) is 0. The summed E-state index contributed by atoms with van der Waals surface area (Å²) in [5.41, 5.74) is 1.68. The first-order chi connectivity index (χ1) is 8.85. The van der Waals surface area contributed by atoms with E-state index in [-0.39, 0.29) is 0 Å². The van der Waals surface area contributed by atoms with Crippen LogP contribution in [-0.4, -0.2) is 16.2 Å². The van der Waals surface area contributed by atoms with Gasteiger partial charge in [0.2, 0.25) is 0 Å². The van der Waals surface area contributed by atoms with Gasteiger partial charge >= 0.3 is 0 Å². The molecule has 5 heteroatoms. The van der Waals surface area contributed by atoms with Crippen LogP contribution in [0.2, 0.25) is 0 Å². The maximum Gasteiger partial charge on any atom is 0.147 e. The zero-order valence-corrected chi connectivity index (χ0v) is 10.6. The minimum atomic E-state index is 0.666. The largest absolute Gasteiger partial charge is 0.308 e. The fourth-order valence-electron chi connectivity index (χ4n) is 1.65. The van der Waals surface area contributed by atoms with Gasteiger partial charge in [0.25, 0.3) is 0 Å². The Morgan fingerprint density at radius 2 is 2.06 bits per heavy atom. The molecule has 1 heterocycles. The predicted octanol–water partition coefficient (Wildman–Crippen LogP) is 2.33. The highest BCUT2D eigenvalue weighted by atomic mass is 32.1. The van der Waals surface area contributed by atoms with Crippen LogP contribution in [0.1, 0.15) is 23.4 Å². The zero-order chi connectivity index (χ0) is 12.4. The molecule has 1 aliphatic carbocycles. The van der Waals surface area contributed by atoms with Gasteiger partial charge in [0.05, 0.1) is 11.6 Å². The average molecular weight is 256 g/mol. The van der Waals surface area contributed by atoms with Crippen LogP contribution >= 0.6 is 11.3 Å². The second kappa shape index (κ2) is 4.84. The lowest BCUT2D eigenvalue weighted by Crippen LogP contribution is -2.14. The van der Waals surface area contributed by atoms with E-state index >= 15 is 0 Å². The molecular weight excluding hydrogens is 244 g/mol. The van der Waals surface area contributed by atoms with Crippen LogP contribution in [0.25, 0.3) is 10.6 Å². The Morgan fingerprint density at radius 1 is 1.28 bits per heavy atom. The van der Waals surface area contributed by atoms with Crippen molar-refractivity contribution < 1.29 is 0 Å². The summed E-state index contributed by atoms with van der Waals surface area (Å²) in [6, 6.07) is 10.2. The van der Waals surface area contributed by atoms with Gasteiger partial charge in [-0.1, -0.05) is 23.5 Å². The molecule has 0 radical (unpaired) electrons. The molecule has 0 bridgehead atoms. The Morgan fingerprint density at radius 3 is 2.72 bits per heavy atom. The number of nitrogens with zero attached hydrogens (tertiary/aromatic N) is 3. The van der Waals surface area contributed by atoms with Crippen LogP contribution in [0.3, 0.4) is 0 Å². The molecule has 4 nitrogen and oxygen atoms in total. The standard InChI is InChI=1S/C13H12N4S/c14-7-9-1-3-10(4-2-9)13-17-16-12(18-13)8-15-11-5-6-11/h1-4,11,15H,5-6,8H2. The zero-order valence-electron chi connectivity index (χ0n) is 9.76. The van der Waals surface area contributed by atoms with E-state index in [1.165, 1.54) is 12.8 Å². The summed E-state index contributed by atoms with van der Waals surface area (Å²) in [5, 5.41) is 22.5. The Bertz CT molecular complexity index is 578. The number of aromatic nitrogens is 2. The van der Waals surface area contributed by atoms with Gasteiger partial charge in [-0.25, -0.2) is 0 Å². The van der Waals surface area contributed by atoms with Gasteiger partial charge in [-0.15, -0.1) is 10.2 Å². The van der Waals surface area contributed by atoms with Crippen molar-refractivity contribution in [3.8, 4) is 16.6 Å². The van der Waals surface area contributed by atoms with E-state index in [1.54, 1.807) is 23.5 Å². The lowest BCUT2D eigenvalue weighted by Gasteiger charge is -1.96. The van der Waals surface area contributed by atoms with E-state index in [0.717, 1.165) is 22.1 Å². The van der Waals surface area contributed by atoms with E-state index in [4.69, 9.17) is 5.26 Å². The minimum Gasteiger partial charge on any atom is -0.308 e. The fourth-order valence-corrected chi connectivity index (χ4v) is 2.44. The number of hydrogen-bond donors (Lipinski definition) is 1. The summed E-state index contributed by atoms with van der Waals surface area (Å²) in [4.78, 5) is 0. The number of nitrogens with one attached hydrogen (secondary N) is 1. The summed E-state index contributed by atoms with van der Waals surface area (Å²) in [5.74, 6) is 0. The molecule has 0 aliphatic heterocycles. The second-order valence-electron chi connectivity index (χ2n) is 4.35. The SMILES string of the molecule is N#Cc1ccc(-c2nnc(CNC3CC3)s2)cc1. The fraction of sp³-hybridized carbons (Fsp3) is 0.308. The first-order valence-corrected chi connectivity index (χ1v) is 6.73. The second-order valence-corrected chi connectivity index (χ2v) is 5.41. The van der Waals surface area contributed by atoms with E-state index in [2.05, 4.69) is 21.6 Å². The molecule has 0 spiro atoms. The summed E-state index contributed by atoms with van der Waals surface area (Å²) in [6.07, 6.45) is 2.56. The van der Waals surface area contributed by atoms with Crippen LogP contribution in [0.4, 0.5) is 0 Å². The first-order valence-electron chi connectivity index (χ1n) is 5.91. The van der Waals surface area contributed by atoms with Gasteiger partial charge in [-0.05, 0) is 25.0 Å². The molecule has 1 aromatic carbocycles. The highest BCUT2D eigenvalue weighted by molar-refractivity contribution is 7.14. The van der Waals surface area contributed by atoms with Crippen molar-refractivity contribution in [1.82, 2.24) is 15.5 Å². The summed E-state index contributed by atoms with van der Waals surface area (Å²) >= 11 is 1.60. The monoisotopic (exact) mass is 256 g/mol. The van der Waals surface area contributed by atoms with E-state index in [0.29, 0.717) is 11.6 Å². The molecule has 0 saturated heterocycles. The Balaban J connectivity index is 1.72. The predicted molar refractivity (Wildman–Crippen MR) is 69.9 cm³/mol. The smallest absolute Gasteiger partial charge is 0.147 e. The maximum atomic E-state index is 8.75. The molecule has 3 rings (SSSR count). The van der Waals surface area contributed by atoms with Crippen molar-refractivity contribution in [3.63, 3.8) is 0 Å². The molecule has 1 N–H and O–H groups in total. The molecule has 0 unspecified atom stereocenters. The van der Waals surface area contributed by atoms with Gasteiger partial charge in [0.1, 0.15) is 10.0 Å². The van der Waals surface area contributed by atoms with Crippen molar-refractivity contribution >= 4 is 11.3 Å². The quantitative estimate of drug-likeness (QED) is 0.912. The van der Waals surface area contributed by atoms with Gasteiger partial charge < -0.3 is 5.32 Å². The molecule has 2 aromatic rings. The van der Waals surface area contributed by atoms with Crippen molar-refractivity contribution in [3.05, 3.63) is 34.8 Å². The van der Waals surface area contributed by atoms with Crippen LogP contribution < -0.4 is 5.32 Å². The maximum absolute atomic E-state index is 8.75. The molecular formula is C13H12N4S. The average Bonchev–Trinajstić information content (AvgIpc) is 3.14. The topological polar surface area (TPSA) is 61.6 Å². The molecule has 1 aromatic heterocycles. The summed E-state index contributed by atoms with van der Waals surface area (Å²) < 4.78 is 0. The van der Waals surface area contributed by atoms with Crippen molar-refractivity contribution in [2.45, 2.75) is 25.4 Å². The normalized spacial score (nSPS) is 14.4. The number of rotatable bonds is 4. The first kappa shape index (κ1) is 11.3. The third-order valence-corrected chi connectivity index (χ3v) is 3.82. The molecule has 1 aliphatic rings. The third kappa shape index (κ3) is 2.55. The van der Waals surface area contributed by atoms with E-state index < -0.39 is 0 Å². The van der Waals surface area contributed by atoms with Gasteiger partial charge in [-0.2, -0.15) is 5.26 Å². The van der Waals surface area contributed by atoms with Crippen LogP contribution in [-0.2, 0) is 6.54 Å². The van der Waals surface area contributed by atoms with E-state index in [9.17, 15) is 0 Å². The molecule has 18 heavy (non-hydrogen) atoms. The highest BCUT2D eigenvalue weighted by Crippen LogP contribution is 2.25.